The molecule has 0 bridgehead atoms. The van der Waals surface area contributed by atoms with Crippen LogP contribution < -0.4 is 5.32 Å². The van der Waals surface area contributed by atoms with Crippen molar-refractivity contribution in [3.05, 3.63) is 17.0 Å². The van der Waals surface area contributed by atoms with Gasteiger partial charge in [-0.25, -0.2) is 0 Å². The van der Waals surface area contributed by atoms with Gasteiger partial charge in [0.1, 0.15) is 0 Å². The maximum atomic E-state index is 3.07. The summed E-state index contributed by atoms with van der Waals surface area (Å²) in [6, 6.07) is 0. The fourth-order valence-corrected chi connectivity index (χ4v) is 1.32. The number of thioether (sulfide) groups is 1. The monoisotopic (exact) mass is 141 g/mol. The molecule has 2 radical (unpaired) electrons. The summed E-state index contributed by atoms with van der Waals surface area (Å²) in [5, 5.41) is 5.17. The summed E-state index contributed by atoms with van der Waals surface area (Å²) >= 11 is 1.59. The molecule has 0 spiro atoms. The van der Waals surface area contributed by atoms with E-state index in [1.54, 1.807) is 11.8 Å². The third-order valence-electron chi connectivity index (χ3n) is 1.23. The van der Waals surface area contributed by atoms with Crippen molar-refractivity contribution in [1.29, 1.82) is 0 Å². The van der Waals surface area contributed by atoms with Gasteiger partial charge >= 0.3 is 0 Å². The highest BCUT2D eigenvalue weighted by Gasteiger charge is 2.19. The van der Waals surface area contributed by atoms with Crippen LogP contribution in [0, 0.1) is 11.3 Å². The zero-order valence-corrected chi connectivity index (χ0v) is 6.80. The first kappa shape index (κ1) is 7.00. The Morgan fingerprint density at radius 2 is 2.22 bits per heavy atom. The Balaban J connectivity index is 2.61. The number of hydrogen-bond donors (Lipinski definition) is 1. The number of rotatable bonds is 0. The van der Waals surface area contributed by atoms with E-state index >= 15 is 0 Å². The van der Waals surface area contributed by atoms with Crippen LogP contribution in [0.1, 0.15) is 20.8 Å². The summed E-state index contributed by atoms with van der Waals surface area (Å²) in [7, 11) is 0. The van der Waals surface area contributed by atoms with Gasteiger partial charge < -0.3 is 5.32 Å². The molecule has 0 aromatic carbocycles. The van der Waals surface area contributed by atoms with Gasteiger partial charge in [-0.3, -0.25) is 0 Å². The lowest BCUT2D eigenvalue weighted by molar-refractivity contribution is 0.480. The molecule has 1 aliphatic rings. The largest absolute Gasteiger partial charge is 0.367 e. The van der Waals surface area contributed by atoms with Crippen LogP contribution in [0.2, 0.25) is 0 Å². The van der Waals surface area contributed by atoms with Gasteiger partial charge in [0.2, 0.25) is 0 Å². The van der Waals surface area contributed by atoms with Crippen molar-refractivity contribution >= 4 is 11.8 Å². The minimum absolute atomic E-state index is 0.247. The molecule has 0 aliphatic carbocycles. The highest BCUT2D eigenvalue weighted by atomic mass is 32.2. The minimum Gasteiger partial charge on any atom is -0.367 e. The highest BCUT2D eigenvalue weighted by molar-refractivity contribution is 8.04. The molecule has 50 valence electrons. The van der Waals surface area contributed by atoms with Crippen molar-refractivity contribution < 1.29 is 0 Å². The molecule has 0 unspecified atom stereocenters. The van der Waals surface area contributed by atoms with Crippen molar-refractivity contribution in [2.75, 3.05) is 0 Å². The summed E-state index contributed by atoms with van der Waals surface area (Å²) in [5.41, 5.74) is 1.50. The second kappa shape index (κ2) is 2.25. The van der Waals surface area contributed by atoms with Gasteiger partial charge in [-0.1, -0.05) is 32.5 Å². The topological polar surface area (TPSA) is 12.0 Å². The van der Waals surface area contributed by atoms with Crippen molar-refractivity contribution in [3.8, 4) is 0 Å². The Hall–Kier alpha value is -0.110. The summed E-state index contributed by atoms with van der Waals surface area (Å²) in [5.74, 6) is 2.95. The predicted octanol–water partition coefficient (Wildman–Crippen LogP) is 2.21. The van der Waals surface area contributed by atoms with Gasteiger partial charge in [0, 0.05) is 11.1 Å². The van der Waals surface area contributed by atoms with Gasteiger partial charge in [0.15, 0.2) is 5.88 Å². The molecular formula is C7H11NS. The Bertz CT molecular complexity index is 132. The molecule has 1 aliphatic heterocycles. The molecule has 0 amide bonds. The Morgan fingerprint density at radius 1 is 1.56 bits per heavy atom. The average Bonchev–Trinajstić information content (AvgIpc) is 2.08. The molecule has 1 heterocycles. The van der Waals surface area contributed by atoms with E-state index in [-0.39, 0.29) is 5.41 Å². The summed E-state index contributed by atoms with van der Waals surface area (Å²) in [4.78, 5) is 0. The molecule has 1 rings (SSSR count). The van der Waals surface area contributed by atoms with E-state index in [4.69, 9.17) is 0 Å². The molecular weight excluding hydrogens is 130 g/mol. The minimum atomic E-state index is 0.247. The van der Waals surface area contributed by atoms with E-state index in [1.807, 2.05) is 0 Å². The van der Waals surface area contributed by atoms with Crippen LogP contribution in [0.5, 0.6) is 0 Å². The third kappa shape index (κ3) is 1.65. The zero-order chi connectivity index (χ0) is 6.91. The van der Waals surface area contributed by atoms with Gasteiger partial charge in [-0.05, 0) is 5.41 Å². The average molecular weight is 141 g/mol. The molecule has 0 atom stereocenters. The Kier molecular flexibility index (Phi) is 1.75. The van der Waals surface area contributed by atoms with Crippen LogP contribution in [0.15, 0.2) is 11.1 Å². The lowest BCUT2D eigenvalue weighted by atomic mass is 9.93. The Morgan fingerprint density at radius 3 is 2.44 bits per heavy atom. The maximum absolute atomic E-state index is 3.07. The van der Waals surface area contributed by atoms with E-state index in [0.717, 1.165) is 0 Å². The van der Waals surface area contributed by atoms with Crippen LogP contribution in [-0.2, 0) is 0 Å². The first-order valence-electron chi connectivity index (χ1n) is 2.98. The van der Waals surface area contributed by atoms with Crippen molar-refractivity contribution in [3.63, 3.8) is 0 Å². The van der Waals surface area contributed by atoms with Gasteiger partial charge in [0.25, 0.3) is 0 Å². The fraction of sp³-hybridized carbons (Fsp3) is 0.571. The highest BCUT2D eigenvalue weighted by Crippen LogP contribution is 2.30. The van der Waals surface area contributed by atoms with E-state index in [9.17, 15) is 0 Å². The van der Waals surface area contributed by atoms with Crippen molar-refractivity contribution in [2.24, 2.45) is 5.41 Å². The molecule has 1 N–H and O–H groups in total. The van der Waals surface area contributed by atoms with E-state index in [1.165, 1.54) is 5.70 Å². The smallest absolute Gasteiger partial charge is 0.160 e. The molecule has 1 nitrogen and oxygen atoms in total. The first-order valence-corrected chi connectivity index (χ1v) is 3.86. The summed E-state index contributed by atoms with van der Waals surface area (Å²) in [6.45, 7) is 6.54. The van der Waals surface area contributed by atoms with Crippen LogP contribution in [-0.4, -0.2) is 0 Å². The molecule has 9 heavy (non-hydrogen) atoms. The van der Waals surface area contributed by atoms with Gasteiger partial charge in [-0.15, -0.1) is 0 Å². The molecule has 0 saturated carbocycles. The number of allylic oxidation sites excluding steroid dienone is 1. The number of nitrogens with one attached hydrogen (secondary N) is 1. The molecule has 0 aromatic heterocycles. The van der Waals surface area contributed by atoms with Crippen LogP contribution in [0.25, 0.3) is 0 Å². The molecule has 0 fully saturated rings. The second-order valence-corrected chi connectivity index (χ2v) is 3.80. The van der Waals surface area contributed by atoms with E-state index in [2.05, 4.69) is 37.4 Å². The lowest BCUT2D eigenvalue weighted by Gasteiger charge is -2.19. The van der Waals surface area contributed by atoms with Gasteiger partial charge in [-0.2, -0.15) is 0 Å². The van der Waals surface area contributed by atoms with Gasteiger partial charge in [0.05, 0.1) is 0 Å². The van der Waals surface area contributed by atoms with E-state index < -0.39 is 0 Å². The lowest BCUT2D eigenvalue weighted by Crippen LogP contribution is -2.18. The van der Waals surface area contributed by atoms with Crippen LogP contribution in [0.3, 0.4) is 0 Å². The van der Waals surface area contributed by atoms with Crippen LogP contribution in [0.4, 0.5) is 0 Å². The van der Waals surface area contributed by atoms with Crippen molar-refractivity contribution in [1.82, 2.24) is 5.32 Å². The predicted molar refractivity (Wildman–Crippen MR) is 41.5 cm³/mol. The fourth-order valence-electron chi connectivity index (χ4n) is 0.567. The van der Waals surface area contributed by atoms with E-state index in [0.29, 0.717) is 0 Å². The normalized spacial score (nSPS) is 19.2. The summed E-state index contributed by atoms with van der Waals surface area (Å²) in [6.07, 6.45) is 0. The summed E-state index contributed by atoms with van der Waals surface area (Å²) < 4.78 is 0. The molecule has 2 heteroatoms. The first-order chi connectivity index (χ1) is 4.11. The second-order valence-electron chi connectivity index (χ2n) is 3.13. The standard InChI is InChI=1S/C7H11NS/c1-7(2,3)6-4-9-5-8-6/h4,8H,1-3H3. The maximum Gasteiger partial charge on any atom is 0.160 e. The zero-order valence-electron chi connectivity index (χ0n) is 5.99. The molecule has 0 saturated heterocycles. The Labute approximate surface area is 60.9 Å². The quantitative estimate of drug-likeness (QED) is 0.555. The number of hydrogen-bond acceptors (Lipinski definition) is 2. The van der Waals surface area contributed by atoms with Crippen molar-refractivity contribution in [2.45, 2.75) is 20.8 Å². The molecule has 0 aromatic rings. The third-order valence-corrected chi connectivity index (χ3v) is 1.80. The SMILES string of the molecule is CC(C)(C)C1=CS[C]N1. The van der Waals surface area contributed by atoms with Crippen LogP contribution >= 0.6 is 11.8 Å².